The van der Waals surface area contributed by atoms with Gasteiger partial charge in [-0.2, -0.15) is 0 Å². The lowest BCUT2D eigenvalue weighted by Crippen LogP contribution is -2.39. The largest absolute Gasteiger partial charge is 0.343 e. The maximum Gasteiger partial charge on any atom is 0.250 e. The van der Waals surface area contributed by atoms with Crippen molar-refractivity contribution in [2.75, 3.05) is 13.1 Å². The lowest BCUT2D eigenvalue weighted by molar-refractivity contribution is -0.132. The molecule has 4 heterocycles. The number of pyridine rings is 2. The Balaban J connectivity index is 1.36. The summed E-state index contributed by atoms with van der Waals surface area (Å²) in [5.74, 6) is 1.39. The first-order chi connectivity index (χ1) is 13.1. The summed E-state index contributed by atoms with van der Waals surface area (Å²) in [6.07, 6.45) is 4.10. The Morgan fingerprint density at radius 1 is 1.11 bits per heavy atom. The van der Waals surface area contributed by atoms with E-state index in [9.17, 15) is 9.59 Å². The fourth-order valence-electron chi connectivity index (χ4n) is 3.80. The summed E-state index contributed by atoms with van der Waals surface area (Å²) in [7, 11) is 0. The van der Waals surface area contributed by atoms with Gasteiger partial charge in [-0.3, -0.25) is 14.0 Å². The molecule has 1 aliphatic rings. The third-order valence-electron chi connectivity index (χ3n) is 5.37. The molecule has 1 fully saturated rings. The zero-order chi connectivity index (χ0) is 18.8. The number of nitrogens with zero attached hydrogens (tertiary/aromatic N) is 5. The fourth-order valence-corrected chi connectivity index (χ4v) is 3.80. The van der Waals surface area contributed by atoms with Crippen molar-refractivity contribution in [3.63, 3.8) is 0 Å². The van der Waals surface area contributed by atoms with Crippen LogP contribution in [0.2, 0.25) is 0 Å². The molecule has 0 saturated carbocycles. The Bertz CT molecular complexity index is 1010. The molecule has 0 aliphatic carbocycles. The van der Waals surface area contributed by atoms with E-state index in [4.69, 9.17) is 0 Å². The molecule has 140 valence electrons. The zero-order valence-electron chi connectivity index (χ0n) is 15.4. The van der Waals surface area contributed by atoms with Crippen LogP contribution in [0.25, 0.3) is 5.65 Å². The standard InChI is InChI=1S/C20H23N5O2/c1-15-5-4-7-19(27)24(15)14-10-18(26)23-12-8-16(9-13-23)20-22-21-17-6-2-3-11-25(17)20/h2-7,11,16H,8-10,12-14H2,1H3. The molecule has 7 heteroatoms. The highest BCUT2D eigenvalue weighted by molar-refractivity contribution is 5.76. The number of carbonyl (C=O) groups excluding carboxylic acids is 1. The maximum atomic E-state index is 12.6. The first-order valence-electron chi connectivity index (χ1n) is 9.37. The normalized spacial score (nSPS) is 15.4. The van der Waals surface area contributed by atoms with Crippen LogP contribution in [-0.4, -0.2) is 43.1 Å². The molecular formula is C20H23N5O2. The van der Waals surface area contributed by atoms with E-state index in [1.165, 1.54) is 6.07 Å². The minimum atomic E-state index is -0.0554. The molecule has 0 spiro atoms. The van der Waals surface area contributed by atoms with Gasteiger partial charge in [0.1, 0.15) is 5.82 Å². The molecule has 1 aliphatic heterocycles. The second-order valence-electron chi connectivity index (χ2n) is 7.05. The number of amides is 1. The number of aryl methyl sites for hydroxylation is 1. The van der Waals surface area contributed by atoms with Crippen molar-refractivity contribution in [1.29, 1.82) is 0 Å². The molecule has 0 radical (unpaired) electrons. The van der Waals surface area contributed by atoms with Gasteiger partial charge in [-0.05, 0) is 38.0 Å². The SMILES string of the molecule is Cc1cccc(=O)n1CCC(=O)N1CCC(c2nnc3ccccn23)CC1. The second kappa shape index (κ2) is 7.34. The Hall–Kier alpha value is -2.96. The van der Waals surface area contributed by atoms with Gasteiger partial charge in [0.05, 0.1) is 0 Å². The molecule has 1 saturated heterocycles. The van der Waals surface area contributed by atoms with Gasteiger partial charge in [-0.1, -0.05) is 12.1 Å². The number of carbonyl (C=O) groups is 1. The quantitative estimate of drug-likeness (QED) is 0.709. The van der Waals surface area contributed by atoms with Crippen LogP contribution in [-0.2, 0) is 11.3 Å². The van der Waals surface area contributed by atoms with Crippen molar-refractivity contribution < 1.29 is 4.79 Å². The first kappa shape index (κ1) is 17.5. The molecule has 0 bridgehead atoms. The lowest BCUT2D eigenvalue weighted by Gasteiger charge is -2.31. The molecule has 4 rings (SSSR count). The van der Waals surface area contributed by atoms with Crippen molar-refractivity contribution in [3.05, 3.63) is 64.5 Å². The van der Waals surface area contributed by atoms with Gasteiger partial charge < -0.3 is 9.47 Å². The fraction of sp³-hybridized carbons (Fsp3) is 0.400. The van der Waals surface area contributed by atoms with Crippen LogP contribution in [0, 0.1) is 6.92 Å². The van der Waals surface area contributed by atoms with Gasteiger partial charge >= 0.3 is 0 Å². The van der Waals surface area contributed by atoms with Crippen LogP contribution in [0.5, 0.6) is 0 Å². The van der Waals surface area contributed by atoms with Gasteiger partial charge in [-0.15, -0.1) is 10.2 Å². The first-order valence-corrected chi connectivity index (χ1v) is 9.37. The molecule has 0 unspecified atom stereocenters. The number of piperidine rings is 1. The highest BCUT2D eigenvalue weighted by Crippen LogP contribution is 2.27. The Labute approximate surface area is 157 Å². The van der Waals surface area contributed by atoms with E-state index in [-0.39, 0.29) is 11.5 Å². The Kier molecular flexibility index (Phi) is 4.75. The minimum absolute atomic E-state index is 0.0554. The van der Waals surface area contributed by atoms with Crippen LogP contribution in [0.15, 0.2) is 47.4 Å². The third-order valence-corrected chi connectivity index (χ3v) is 5.37. The summed E-state index contributed by atoms with van der Waals surface area (Å²) < 4.78 is 3.69. The Morgan fingerprint density at radius 2 is 1.93 bits per heavy atom. The van der Waals surface area contributed by atoms with Gasteiger partial charge in [0.25, 0.3) is 5.56 Å². The smallest absolute Gasteiger partial charge is 0.250 e. The minimum Gasteiger partial charge on any atom is -0.343 e. The van der Waals surface area contributed by atoms with Crippen LogP contribution in [0.4, 0.5) is 0 Å². The number of fused-ring (bicyclic) bond motifs is 1. The predicted octanol–water partition coefficient (Wildman–Crippen LogP) is 2.00. The molecule has 27 heavy (non-hydrogen) atoms. The summed E-state index contributed by atoms with van der Waals surface area (Å²) in [5, 5.41) is 8.58. The van der Waals surface area contributed by atoms with Gasteiger partial charge in [-0.25, -0.2) is 0 Å². The van der Waals surface area contributed by atoms with Crippen LogP contribution < -0.4 is 5.56 Å². The summed E-state index contributed by atoms with van der Waals surface area (Å²) in [6.45, 7) is 3.75. The van der Waals surface area contributed by atoms with Crippen LogP contribution >= 0.6 is 0 Å². The van der Waals surface area contributed by atoms with Gasteiger partial charge in [0.15, 0.2) is 5.65 Å². The zero-order valence-corrected chi connectivity index (χ0v) is 15.4. The van der Waals surface area contributed by atoms with Crippen molar-refractivity contribution in [3.8, 4) is 0 Å². The summed E-state index contributed by atoms with van der Waals surface area (Å²) in [6, 6.07) is 11.0. The topological polar surface area (TPSA) is 72.5 Å². The third kappa shape index (κ3) is 3.49. The number of hydrogen-bond acceptors (Lipinski definition) is 4. The van der Waals surface area contributed by atoms with E-state index >= 15 is 0 Å². The van der Waals surface area contributed by atoms with E-state index < -0.39 is 0 Å². The lowest BCUT2D eigenvalue weighted by atomic mass is 9.95. The molecule has 0 aromatic carbocycles. The average molecular weight is 365 g/mol. The van der Waals surface area contributed by atoms with Crippen molar-refractivity contribution in [2.24, 2.45) is 0 Å². The average Bonchev–Trinajstić information content (AvgIpc) is 3.12. The molecule has 3 aromatic rings. The summed E-state index contributed by atoms with van der Waals surface area (Å²) in [5.41, 5.74) is 1.68. The van der Waals surface area contributed by atoms with Gasteiger partial charge in [0.2, 0.25) is 5.91 Å². The highest BCUT2D eigenvalue weighted by Gasteiger charge is 2.26. The van der Waals surface area contributed by atoms with E-state index in [0.717, 1.165) is 30.0 Å². The number of likely N-dealkylation sites (tertiary alicyclic amines) is 1. The Morgan fingerprint density at radius 3 is 2.70 bits per heavy atom. The maximum absolute atomic E-state index is 12.6. The van der Waals surface area contributed by atoms with E-state index in [2.05, 4.69) is 10.2 Å². The van der Waals surface area contributed by atoms with Crippen molar-refractivity contribution in [2.45, 2.75) is 38.6 Å². The van der Waals surface area contributed by atoms with E-state index in [1.807, 2.05) is 46.7 Å². The predicted molar refractivity (Wildman–Crippen MR) is 102 cm³/mol. The number of aromatic nitrogens is 4. The summed E-state index contributed by atoms with van der Waals surface area (Å²) in [4.78, 5) is 26.4. The monoisotopic (exact) mass is 365 g/mol. The molecule has 1 amide bonds. The molecule has 0 N–H and O–H groups in total. The number of hydrogen-bond donors (Lipinski definition) is 0. The van der Waals surface area contributed by atoms with Crippen LogP contribution in [0.3, 0.4) is 0 Å². The number of rotatable bonds is 4. The van der Waals surface area contributed by atoms with Crippen molar-refractivity contribution in [1.82, 2.24) is 24.1 Å². The molecule has 3 aromatic heterocycles. The van der Waals surface area contributed by atoms with Crippen molar-refractivity contribution >= 4 is 11.6 Å². The van der Waals surface area contributed by atoms with Crippen LogP contribution in [0.1, 0.15) is 36.7 Å². The molecule has 0 atom stereocenters. The second-order valence-corrected chi connectivity index (χ2v) is 7.05. The van der Waals surface area contributed by atoms with E-state index in [1.54, 1.807) is 10.6 Å². The molecular weight excluding hydrogens is 342 g/mol. The molecule has 7 nitrogen and oxygen atoms in total. The summed E-state index contributed by atoms with van der Waals surface area (Å²) >= 11 is 0. The van der Waals surface area contributed by atoms with Gasteiger partial charge in [0, 0.05) is 49.9 Å². The highest BCUT2D eigenvalue weighted by atomic mass is 16.2. The van der Waals surface area contributed by atoms with E-state index in [0.29, 0.717) is 32.0 Å².